The van der Waals surface area contributed by atoms with E-state index >= 15 is 0 Å². The fraction of sp³-hybridized carbons (Fsp3) is 0.0417. The number of hydrogen-bond donors (Lipinski definition) is 0. The molecule has 0 aliphatic carbocycles. The monoisotopic (exact) mass is 443 g/mol. The van der Waals surface area contributed by atoms with Crippen molar-refractivity contribution < 1.29 is 4.79 Å². The Kier molecular flexibility index (Phi) is 4.00. The number of carbonyl (C=O) groups excluding carboxylic acids is 1. The highest BCUT2D eigenvalue weighted by atomic mass is 35.5. The fourth-order valence-corrected chi connectivity index (χ4v) is 5.29. The van der Waals surface area contributed by atoms with E-state index in [1.54, 1.807) is 9.30 Å². The molecule has 0 radical (unpaired) electrons. The number of benzene rings is 3. The molecule has 6 rings (SSSR count). The van der Waals surface area contributed by atoms with Crippen LogP contribution >= 0.6 is 22.9 Å². The number of carbonyl (C=O) groups is 1. The van der Waals surface area contributed by atoms with Crippen molar-refractivity contribution in [1.29, 1.82) is 0 Å². The first-order chi connectivity index (χ1) is 15.1. The van der Waals surface area contributed by atoms with Gasteiger partial charge in [0.15, 0.2) is 4.96 Å². The van der Waals surface area contributed by atoms with Crippen LogP contribution in [0.3, 0.4) is 0 Å². The summed E-state index contributed by atoms with van der Waals surface area (Å²) in [5.41, 5.74) is 4.28. The molecule has 0 fully saturated rings. The molecule has 0 bridgehead atoms. The van der Waals surface area contributed by atoms with Gasteiger partial charge in [-0.2, -0.15) is 0 Å². The molecule has 3 aromatic carbocycles. The molecule has 1 amide bonds. The van der Waals surface area contributed by atoms with E-state index in [1.165, 1.54) is 11.3 Å². The number of nitrogens with zero attached hydrogens (tertiary/aromatic N) is 3. The number of aromatic nitrogens is 2. The molecule has 0 N–H and O–H groups in total. The van der Waals surface area contributed by atoms with E-state index in [4.69, 9.17) is 11.6 Å². The lowest BCUT2D eigenvalue weighted by molar-refractivity contribution is -0.113. The largest absolute Gasteiger partial charge is 0.303 e. The number of fused-ring (bicyclic) bond motifs is 4. The first kappa shape index (κ1) is 18.3. The average Bonchev–Trinajstić information content (AvgIpc) is 3.39. The van der Waals surface area contributed by atoms with E-state index in [2.05, 4.69) is 4.98 Å². The predicted octanol–water partition coefficient (Wildman–Crippen LogP) is 4.03. The molecule has 1 aliphatic rings. The van der Waals surface area contributed by atoms with Crippen LogP contribution in [0.5, 0.6) is 0 Å². The van der Waals surface area contributed by atoms with Crippen molar-refractivity contribution in [3.05, 3.63) is 104 Å². The zero-order chi connectivity index (χ0) is 21.1. The summed E-state index contributed by atoms with van der Waals surface area (Å²) in [6.07, 6.45) is 0. The van der Waals surface area contributed by atoms with Crippen molar-refractivity contribution in [3.8, 4) is 0 Å². The summed E-state index contributed by atoms with van der Waals surface area (Å²) in [5, 5.41) is 0.648. The molecule has 0 atom stereocenters. The molecule has 5 nitrogen and oxygen atoms in total. The van der Waals surface area contributed by atoms with Crippen molar-refractivity contribution >= 4 is 56.1 Å². The van der Waals surface area contributed by atoms with Gasteiger partial charge in [0.25, 0.3) is 11.5 Å². The second-order valence-corrected chi connectivity index (χ2v) is 8.78. The maximum atomic E-state index is 13.5. The number of thiazole rings is 1. The van der Waals surface area contributed by atoms with Crippen LogP contribution in [0.15, 0.2) is 77.6 Å². The van der Waals surface area contributed by atoms with Gasteiger partial charge in [0, 0.05) is 10.6 Å². The Balaban J connectivity index is 1.58. The third-order valence-corrected chi connectivity index (χ3v) is 6.82. The summed E-state index contributed by atoms with van der Waals surface area (Å²) in [5.74, 6) is -0.179. The molecular formula is C24H14ClN3O2S. The third kappa shape index (κ3) is 2.72. The normalized spacial score (nSPS) is 15.3. The molecule has 0 unspecified atom stereocenters. The molecule has 1 aliphatic heterocycles. The van der Waals surface area contributed by atoms with Gasteiger partial charge in [-0.15, -0.1) is 0 Å². The molecule has 150 valence electrons. The van der Waals surface area contributed by atoms with E-state index < -0.39 is 0 Å². The number of halogens is 1. The van der Waals surface area contributed by atoms with E-state index in [1.807, 2.05) is 72.8 Å². The van der Waals surface area contributed by atoms with E-state index in [0.29, 0.717) is 26.6 Å². The van der Waals surface area contributed by atoms with Gasteiger partial charge < -0.3 is 4.90 Å². The van der Waals surface area contributed by atoms with Crippen molar-refractivity contribution in [1.82, 2.24) is 9.38 Å². The molecule has 0 spiro atoms. The number of anilines is 1. The predicted molar refractivity (Wildman–Crippen MR) is 124 cm³/mol. The number of hydrogen-bond acceptors (Lipinski definition) is 4. The van der Waals surface area contributed by atoms with Gasteiger partial charge in [0.1, 0.15) is 4.53 Å². The number of para-hydroxylation sites is 3. The van der Waals surface area contributed by atoms with Gasteiger partial charge in [0.2, 0.25) is 0 Å². The SMILES string of the molecule is O=C1C(=c2sc3nc4ccccc4n3c2=O)c2ccccc2N1Cc1ccc(Cl)cc1. The Hall–Kier alpha value is -3.48. The van der Waals surface area contributed by atoms with Crippen LogP contribution in [0.25, 0.3) is 21.6 Å². The van der Waals surface area contributed by atoms with Gasteiger partial charge in [-0.05, 0) is 35.9 Å². The maximum absolute atomic E-state index is 13.5. The molecule has 0 saturated heterocycles. The van der Waals surface area contributed by atoms with Crippen LogP contribution < -0.4 is 15.0 Å². The van der Waals surface area contributed by atoms with Gasteiger partial charge in [-0.25, -0.2) is 9.38 Å². The van der Waals surface area contributed by atoms with Crippen molar-refractivity contribution in [2.45, 2.75) is 6.54 Å². The summed E-state index contributed by atoms with van der Waals surface area (Å²) in [4.78, 5) is 33.8. The highest BCUT2D eigenvalue weighted by molar-refractivity contribution is 7.15. The minimum atomic E-state index is -0.208. The third-order valence-electron chi connectivity index (χ3n) is 5.52. The average molecular weight is 444 g/mol. The molecule has 2 aromatic heterocycles. The first-order valence-electron chi connectivity index (χ1n) is 9.72. The second-order valence-electron chi connectivity index (χ2n) is 7.36. The van der Waals surface area contributed by atoms with Gasteiger partial charge in [-0.1, -0.05) is 65.4 Å². The van der Waals surface area contributed by atoms with Crippen LogP contribution in [0.4, 0.5) is 5.69 Å². The minimum absolute atomic E-state index is 0.179. The lowest BCUT2D eigenvalue weighted by Gasteiger charge is -2.17. The number of amides is 1. The molecular weight excluding hydrogens is 430 g/mol. The summed E-state index contributed by atoms with van der Waals surface area (Å²) in [6.45, 7) is 0.399. The maximum Gasteiger partial charge on any atom is 0.275 e. The van der Waals surface area contributed by atoms with Crippen LogP contribution in [0, 0.1) is 0 Å². The summed E-state index contributed by atoms with van der Waals surface area (Å²) in [6, 6.07) is 22.5. The Morgan fingerprint density at radius 1 is 0.903 bits per heavy atom. The number of rotatable bonds is 2. The Labute approximate surface area is 185 Å². The smallest absolute Gasteiger partial charge is 0.275 e. The highest BCUT2D eigenvalue weighted by Gasteiger charge is 2.34. The molecule has 0 saturated carbocycles. The Morgan fingerprint density at radius 3 is 2.48 bits per heavy atom. The Morgan fingerprint density at radius 2 is 1.65 bits per heavy atom. The summed E-state index contributed by atoms with van der Waals surface area (Å²) >= 11 is 7.26. The lowest BCUT2D eigenvalue weighted by atomic mass is 10.1. The minimum Gasteiger partial charge on any atom is -0.303 e. The van der Waals surface area contributed by atoms with Gasteiger partial charge >= 0.3 is 0 Å². The van der Waals surface area contributed by atoms with Crippen molar-refractivity contribution in [2.24, 2.45) is 0 Å². The zero-order valence-corrected chi connectivity index (χ0v) is 17.7. The molecule has 3 heterocycles. The topological polar surface area (TPSA) is 54.7 Å². The summed E-state index contributed by atoms with van der Waals surface area (Å²) < 4.78 is 2.02. The van der Waals surface area contributed by atoms with E-state index in [9.17, 15) is 9.59 Å². The van der Waals surface area contributed by atoms with E-state index in [0.717, 1.165) is 27.8 Å². The van der Waals surface area contributed by atoms with Gasteiger partial charge in [-0.3, -0.25) is 9.59 Å². The zero-order valence-electron chi connectivity index (χ0n) is 16.1. The van der Waals surface area contributed by atoms with Gasteiger partial charge in [0.05, 0.1) is 28.8 Å². The van der Waals surface area contributed by atoms with Crippen LogP contribution in [0.1, 0.15) is 11.1 Å². The first-order valence-corrected chi connectivity index (χ1v) is 10.9. The standard InChI is InChI=1S/C24H14ClN3O2S/c25-15-11-9-14(10-12-15)13-27-18-7-3-1-5-16(18)20(22(27)29)21-23(30)28-19-8-4-2-6-17(19)26-24(28)31-21/h1-12H,13H2. The van der Waals surface area contributed by atoms with Crippen molar-refractivity contribution in [3.63, 3.8) is 0 Å². The van der Waals surface area contributed by atoms with Crippen LogP contribution in [-0.4, -0.2) is 15.3 Å². The fourth-order valence-electron chi connectivity index (χ4n) is 4.09. The van der Waals surface area contributed by atoms with E-state index in [-0.39, 0.29) is 11.5 Å². The lowest BCUT2D eigenvalue weighted by Crippen LogP contribution is -2.31. The molecule has 5 aromatic rings. The Bertz CT molecular complexity index is 1620. The van der Waals surface area contributed by atoms with Crippen molar-refractivity contribution in [2.75, 3.05) is 4.90 Å². The second kappa shape index (κ2) is 6.77. The highest BCUT2D eigenvalue weighted by Crippen LogP contribution is 2.36. The van der Waals surface area contributed by atoms with Crippen LogP contribution in [0.2, 0.25) is 5.02 Å². The molecule has 7 heteroatoms. The summed E-state index contributed by atoms with van der Waals surface area (Å²) in [7, 11) is 0. The number of imidazole rings is 1. The molecule has 31 heavy (non-hydrogen) atoms. The quantitative estimate of drug-likeness (QED) is 0.414. The van der Waals surface area contributed by atoms with Crippen LogP contribution in [-0.2, 0) is 11.3 Å².